The molecule has 0 aromatic heterocycles. The topological polar surface area (TPSA) is 74.2 Å². The van der Waals surface area contributed by atoms with Gasteiger partial charge in [-0.1, -0.05) is 12.1 Å². The number of hydrogen-bond acceptors (Lipinski definition) is 6. The Kier molecular flexibility index (Phi) is 6.41. The summed E-state index contributed by atoms with van der Waals surface area (Å²) in [6.45, 7) is 0.667. The first-order chi connectivity index (χ1) is 13.5. The fourth-order valence-electron chi connectivity index (χ4n) is 3.69. The second-order valence-electron chi connectivity index (χ2n) is 6.95. The fourth-order valence-corrected chi connectivity index (χ4v) is 3.69. The Morgan fingerprint density at radius 2 is 1.57 bits per heavy atom. The van der Waals surface area contributed by atoms with Crippen LogP contribution in [0.5, 0.6) is 23.0 Å². The highest BCUT2D eigenvalue weighted by Crippen LogP contribution is 2.33. The lowest BCUT2D eigenvalue weighted by molar-refractivity contribution is -0.136. The predicted molar refractivity (Wildman–Crippen MR) is 104 cm³/mol. The van der Waals surface area contributed by atoms with E-state index in [1.807, 2.05) is 30.3 Å². The summed E-state index contributed by atoms with van der Waals surface area (Å²) in [7, 11) is 4.72. The van der Waals surface area contributed by atoms with Gasteiger partial charge in [0, 0.05) is 5.92 Å². The van der Waals surface area contributed by atoms with Crippen molar-refractivity contribution in [2.45, 2.75) is 12.8 Å². The van der Waals surface area contributed by atoms with Gasteiger partial charge >= 0.3 is 0 Å². The van der Waals surface area contributed by atoms with Gasteiger partial charge in [-0.3, -0.25) is 4.79 Å². The van der Waals surface area contributed by atoms with E-state index in [9.17, 15) is 9.90 Å². The number of Topliss-reactive ketones (excluding diaryl/α,β-unsaturated/α-hetero) is 1. The molecule has 0 aliphatic carbocycles. The van der Waals surface area contributed by atoms with E-state index >= 15 is 0 Å². The Morgan fingerprint density at radius 3 is 2.29 bits per heavy atom. The molecule has 2 aromatic carbocycles. The Morgan fingerprint density at radius 1 is 0.929 bits per heavy atom. The summed E-state index contributed by atoms with van der Waals surface area (Å²) in [5.74, 6) is 1.85. The second-order valence-corrected chi connectivity index (χ2v) is 6.95. The molecule has 0 bridgehead atoms. The summed E-state index contributed by atoms with van der Waals surface area (Å²) < 4.78 is 21.4. The molecule has 1 aliphatic heterocycles. The van der Waals surface area contributed by atoms with Crippen LogP contribution in [-0.4, -0.2) is 45.4 Å². The fraction of sp³-hybridized carbons (Fsp3) is 0.409. The Hall–Kier alpha value is -2.73. The maximum atomic E-state index is 12.6. The lowest BCUT2D eigenvalue weighted by Crippen LogP contribution is -2.38. The van der Waals surface area contributed by atoms with Crippen LogP contribution >= 0.6 is 0 Å². The molecule has 150 valence electrons. The average Bonchev–Trinajstić information content (AvgIpc) is 2.71. The largest absolute Gasteiger partial charge is 0.504 e. The summed E-state index contributed by atoms with van der Waals surface area (Å²) in [6.07, 6.45) is 1.28. The molecule has 1 heterocycles. The van der Waals surface area contributed by atoms with Crippen LogP contribution in [0.4, 0.5) is 0 Å². The van der Waals surface area contributed by atoms with Gasteiger partial charge in [-0.05, 0) is 54.2 Å². The van der Waals surface area contributed by atoms with Crippen LogP contribution in [0, 0.1) is 11.8 Å². The molecule has 0 spiro atoms. The van der Waals surface area contributed by atoms with E-state index in [0.717, 1.165) is 11.1 Å². The van der Waals surface area contributed by atoms with E-state index in [1.54, 1.807) is 20.3 Å². The lowest BCUT2D eigenvalue weighted by Gasteiger charge is -2.31. The minimum atomic E-state index is -0.147. The van der Waals surface area contributed by atoms with Crippen LogP contribution in [0.2, 0.25) is 0 Å². The number of aromatic hydroxyl groups is 1. The molecule has 0 amide bonds. The molecule has 2 unspecified atom stereocenters. The van der Waals surface area contributed by atoms with Gasteiger partial charge in [0.2, 0.25) is 0 Å². The highest BCUT2D eigenvalue weighted by atomic mass is 16.5. The van der Waals surface area contributed by atoms with E-state index in [2.05, 4.69) is 0 Å². The van der Waals surface area contributed by atoms with E-state index in [0.29, 0.717) is 36.7 Å². The zero-order valence-corrected chi connectivity index (χ0v) is 16.4. The predicted octanol–water partition coefficient (Wildman–Crippen LogP) is 3.03. The third kappa shape index (κ3) is 4.39. The highest BCUT2D eigenvalue weighted by molar-refractivity contribution is 5.83. The first-order valence-electron chi connectivity index (χ1n) is 9.23. The van der Waals surface area contributed by atoms with Gasteiger partial charge in [0.25, 0.3) is 0 Å². The molecule has 2 atom stereocenters. The van der Waals surface area contributed by atoms with Crippen molar-refractivity contribution in [3.05, 3.63) is 47.5 Å². The molecule has 28 heavy (non-hydrogen) atoms. The molecule has 1 fully saturated rings. The Balaban J connectivity index is 1.80. The van der Waals surface area contributed by atoms with Crippen LogP contribution in [0.3, 0.4) is 0 Å². The molecule has 1 aliphatic rings. The van der Waals surface area contributed by atoms with Gasteiger partial charge < -0.3 is 24.1 Å². The number of rotatable bonds is 7. The van der Waals surface area contributed by atoms with Crippen molar-refractivity contribution in [3.8, 4) is 23.0 Å². The molecule has 0 radical (unpaired) electrons. The van der Waals surface area contributed by atoms with E-state index in [1.165, 1.54) is 7.11 Å². The van der Waals surface area contributed by atoms with Crippen molar-refractivity contribution in [1.29, 1.82) is 0 Å². The molecular weight excluding hydrogens is 360 g/mol. The summed E-state index contributed by atoms with van der Waals surface area (Å²) in [5, 5.41) is 9.80. The van der Waals surface area contributed by atoms with E-state index < -0.39 is 0 Å². The molecule has 2 aromatic rings. The number of benzene rings is 2. The zero-order chi connectivity index (χ0) is 20.1. The normalized spacial score (nSPS) is 19.3. The van der Waals surface area contributed by atoms with Crippen molar-refractivity contribution in [2.24, 2.45) is 11.8 Å². The maximum Gasteiger partial charge on any atom is 0.162 e. The summed E-state index contributed by atoms with van der Waals surface area (Å²) in [4.78, 5) is 12.6. The monoisotopic (exact) mass is 386 g/mol. The van der Waals surface area contributed by atoms with Crippen molar-refractivity contribution < 1.29 is 28.8 Å². The standard InChI is InChI=1S/C22H26O6/c1-25-20-7-5-15(11-22(20)27-3)9-17-16(12-28-13-19(17)24)8-14-4-6-18(23)21(10-14)26-2/h4-7,10-11,16-17,23H,8-9,12-13H2,1-3H3. The van der Waals surface area contributed by atoms with Crippen molar-refractivity contribution in [2.75, 3.05) is 34.5 Å². The Bertz CT molecular complexity index is 832. The summed E-state index contributed by atoms with van der Waals surface area (Å²) >= 11 is 0. The van der Waals surface area contributed by atoms with Crippen LogP contribution in [0.1, 0.15) is 11.1 Å². The van der Waals surface area contributed by atoms with E-state index in [4.69, 9.17) is 18.9 Å². The number of methoxy groups -OCH3 is 3. The molecular formula is C22H26O6. The molecule has 3 rings (SSSR count). The van der Waals surface area contributed by atoms with Gasteiger partial charge in [0.15, 0.2) is 28.8 Å². The van der Waals surface area contributed by atoms with Crippen molar-refractivity contribution in [3.63, 3.8) is 0 Å². The first-order valence-corrected chi connectivity index (χ1v) is 9.23. The number of phenols is 1. The van der Waals surface area contributed by atoms with Crippen molar-refractivity contribution in [1.82, 2.24) is 0 Å². The minimum Gasteiger partial charge on any atom is -0.504 e. The number of ketones is 1. The van der Waals surface area contributed by atoms with Crippen LogP contribution < -0.4 is 14.2 Å². The smallest absolute Gasteiger partial charge is 0.162 e. The second kappa shape index (κ2) is 8.97. The van der Waals surface area contributed by atoms with Gasteiger partial charge in [0.05, 0.1) is 27.9 Å². The summed E-state index contributed by atoms with van der Waals surface area (Å²) in [5.41, 5.74) is 2.02. The van der Waals surface area contributed by atoms with Crippen LogP contribution in [0.25, 0.3) is 0 Å². The molecule has 1 saturated heterocycles. The van der Waals surface area contributed by atoms with Crippen molar-refractivity contribution >= 4 is 5.78 Å². The minimum absolute atomic E-state index is 0.0450. The lowest BCUT2D eigenvalue weighted by atomic mass is 9.79. The number of ether oxygens (including phenoxy) is 4. The van der Waals surface area contributed by atoms with Crippen LogP contribution in [-0.2, 0) is 22.4 Å². The quantitative estimate of drug-likeness (QED) is 0.788. The SMILES string of the molecule is COc1cc(CC2COCC(=O)C2Cc2ccc(OC)c(OC)c2)ccc1O. The van der Waals surface area contributed by atoms with Gasteiger partial charge in [-0.15, -0.1) is 0 Å². The molecule has 1 N–H and O–H groups in total. The molecule has 6 heteroatoms. The van der Waals surface area contributed by atoms with Gasteiger partial charge in [-0.2, -0.15) is 0 Å². The highest BCUT2D eigenvalue weighted by Gasteiger charge is 2.33. The first kappa shape index (κ1) is 20.0. The van der Waals surface area contributed by atoms with Gasteiger partial charge in [-0.25, -0.2) is 0 Å². The number of hydrogen-bond donors (Lipinski definition) is 1. The zero-order valence-electron chi connectivity index (χ0n) is 16.4. The van der Waals surface area contributed by atoms with E-state index in [-0.39, 0.29) is 30.0 Å². The molecule has 6 nitrogen and oxygen atoms in total. The Labute approximate surface area is 165 Å². The average molecular weight is 386 g/mol. The number of phenolic OH excluding ortho intramolecular Hbond substituents is 1. The molecule has 0 saturated carbocycles. The maximum absolute atomic E-state index is 12.6. The third-order valence-electron chi connectivity index (χ3n) is 5.20. The van der Waals surface area contributed by atoms with Gasteiger partial charge in [0.1, 0.15) is 6.61 Å². The third-order valence-corrected chi connectivity index (χ3v) is 5.20. The van der Waals surface area contributed by atoms with Crippen LogP contribution in [0.15, 0.2) is 36.4 Å². The number of carbonyl (C=O) groups is 1. The number of carbonyl (C=O) groups excluding carboxylic acids is 1. The summed E-state index contributed by atoms with van der Waals surface area (Å²) in [6, 6.07) is 11.0.